The van der Waals surface area contributed by atoms with Crippen molar-refractivity contribution in [1.29, 1.82) is 0 Å². The molecule has 0 radical (unpaired) electrons. The second-order valence-electron chi connectivity index (χ2n) is 6.75. The van der Waals surface area contributed by atoms with Gasteiger partial charge in [0, 0.05) is 25.2 Å². The summed E-state index contributed by atoms with van der Waals surface area (Å²) in [5.41, 5.74) is 6.09. The molecule has 0 aromatic rings. The maximum Gasteiger partial charge on any atom is 0.0180 e. The number of nitrogens with two attached hydrogens (primary N) is 1. The molecule has 20 heavy (non-hydrogen) atoms. The molecule has 1 heterocycles. The molecule has 1 saturated heterocycles. The van der Waals surface area contributed by atoms with Crippen molar-refractivity contribution in [2.24, 2.45) is 5.73 Å². The Morgan fingerprint density at radius 3 is 1.95 bits per heavy atom. The molecule has 1 aliphatic heterocycles. The Hall–Kier alpha value is -0.0800. The zero-order valence-corrected chi connectivity index (χ0v) is 14.1. The predicted molar refractivity (Wildman–Crippen MR) is 90.1 cm³/mol. The molecule has 0 aliphatic carbocycles. The summed E-state index contributed by atoms with van der Waals surface area (Å²) in [4.78, 5) is 2.69. The molecular weight excluding hydrogens is 244 g/mol. The lowest BCUT2D eigenvalue weighted by atomic mass is 9.99. The van der Waals surface area contributed by atoms with Gasteiger partial charge in [-0.2, -0.15) is 0 Å². The highest BCUT2D eigenvalue weighted by Crippen LogP contribution is 2.21. The van der Waals surface area contributed by atoms with Gasteiger partial charge in [0.25, 0.3) is 0 Å². The summed E-state index contributed by atoms with van der Waals surface area (Å²) >= 11 is 0. The monoisotopic (exact) mass is 282 g/mol. The van der Waals surface area contributed by atoms with E-state index in [0.29, 0.717) is 6.04 Å². The van der Waals surface area contributed by atoms with Gasteiger partial charge in [-0.05, 0) is 19.3 Å². The van der Waals surface area contributed by atoms with E-state index in [1.54, 1.807) is 0 Å². The number of hydrogen-bond acceptors (Lipinski definition) is 2. The molecule has 0 bridgehead atoms. The third-order valence-electron chi connectivity index (χ3n) is 4.80. The first-order valence-corrected chi connectivity index (χ1v) is 9.27. The molecule has 2 nitrogen and oxygen atoms in total. The Bertz CT molecular complexity index is 217. The molecule has 0 spiro atoms. The minimum atomic E-state index is 0.438. The molecule has 0 aromatic carbocycles. The van der Waals surface area contributed by atoms with Crippen LogP contribution in [0.3, 0.4) is 0 Å². The highest BCUT2D eigenvalue weighted by Gasteiger charge is 2.25. The lowest BCUT2D eigenvalue weighted by Crippen LogP contribution is -2.35. The minimum Gasteiger partial charge on any atom is -0.326 e. The van der Waals surface area contributed by atoms with E-state index < -0.39 is 0 Å². The Morgan fingerprint density at radius 1 is 0.900 bits per heavy atom. The van der Waals surface area contributed by atoms with E-state index in [1.807, 2.05) is 0 Å². The fourth-order valence-electron chi connectivity index (χ4n) is 3.45. The third kappa shape index (κ3) is 7.64. The number of unbranched alkanes of at least 4 members (excludes halogenated alkanes) is 7. The summed E-state index contributed by atoms with van der Waals surface area (Å²) in [6, 6.07) is 1.26. The molecule has 1 rings (SSSR count). The van der Waals surface area contributed by atoms with Crippen LogP contribution in [0.5, 0.6) is 0 Å². The molecule has 0 aromatic heterocycles. The summed E-state index contributed by atoms with van der Waals surface area (Å²) in [6.45, 7) is 6.98. The van der Waals surface area contributed by atoms with Crippen molar-refractivity contribution < 1.29 is 0 Å². The number of likely N-dealkylation sites (tertiary alicyclic amines) is 1. The van der Waals surface area contributed by atoms with Crippen LogP contribution in [-0.4, -0.2) is 30.1 Å². The van der Waals surface area contributed by atoms with Crippen molar-refractivity contribution in [3.05, 3.63) is 0 Å². The van der Waals surface area contributed by atoms with Gasteiger partial charge in [-0.15, -0.1) is 0 Å². The van der Waals surface area contributed by atoms with E-state index in [0.717, 1.165) is 12.6 Å². The van der Waals surface area contributed by atoms with Gasteiger partial charge in [-0.25, -0.2) is 0 Å². The van der Waals surface area contributed by atoms with Crippen LogP contribution in [0.1, 0.15) is 90.9 Å². The van der Waals surface area contributed by atoms with E-state index in [4.69, 9.17) is 5.73 Å². The van der Waals surface area contributed by atoms with E-state index in [2.05, 4.69) is 18.7 Å². The number of hydrogen-bond donors (Lipinski definition) is 1. The first-order valence-electron chi connectivity index (χ1n) is 9.27. The van der Waals surface area contributed by atoms with Gasteiger partial charge in [0.2, 0.25) is 0 Å². The van der Waals surface area contributed by atoms with Gasteiger partial charge in [-0.3, -0.25) is 4.90 Å². The van der Waals surface area contributed by atoms with Gasteiger partial charge in [0.15, 0.2) is 0 Å². The van der Waals surface area contributed by atoms with Crippen LogP contribution >= 0.6 is 0 Å². The highest BCUT2D eigenvalue weighted by molar-refractivity contribution is 4.83. The van der Waals surface area contributed by atoms with Crippen molar-refractivity contribution in [3.8, 4) is 0 Å². The van der Waals surface area contributed by atoms with Crippen LogP contribution < -0.4 is 5.73 Å². The molecule has 2 atom stereocenters. The van der Waals surface area contributed by atoms with Crippen molar-refractivity contribution in [2.75, 3.05) is 13.1 Å². The molecule has 2 heteroatoms. The Balaban J connectivity index is 2.23. The average molecular weight is 283 g/mol. The number of rotatable bonds is 12. The molecule has 0 saturated carbocycles. The third-order valence-corrected chi connectivity index (χ3v) is 4.80. The highest BCUT2D eigenvalue weighted by atomic mass is 15.2. The standard InChI is InChI=1S/C18H38N2/c1-3-5-7-9-11-13-18(12-10-8-6-4-2)20-15-14-17(19)16-20/h17-18H,3-16,19H2,1-2H3/t17-,18?/m0/s1. The van der Waals surface area contributed by atoms with E-state index in [9.17, 15) is 0 Å². The Kier molecular flexibility index (Phi) is 10.4. The normalized spacial score (nSPS) is 21.4. The molecule has 1 aliphatic rings. The largest absolute Gasteiger partial charge is 0.326 e. The first-order chi connectivity index (χ1) is 9.77. The zero-order chi connectivity index (χ0) is 14.6. The zero-order valence-electron chi connectivity index (χ0n) is 14.1. The first kappa shape index (κ1) is 18.0. The SMILES string of the molecule is CCCCCCCC(CCCCCC)N1CC[C@H](N)C1. The van der Waals surface area contributed by atoms with Crippen LogP contribution in [0.4, 0.5) is 0 Å². The van der Waals surface area contributed by atoms with Crippen LogP contribution in [0.25, 0.3) is 0 Å². The Labute approximate surface area is 127 Å². The van der Waals surface area contributed by atoms with E-state index >= 15 is 0 Å². The van der Waals surface area contributed by atoms with Crippen LogP contribution in [-0.2, 0) is 0 Å². The molecular formula is C18H38N2. The molecule has 0 amide bonds. The predicted octanol–water partition coefficient (Wildman–Crippen LogP) is 4.72. The van der Waals surface area contributed by atoms with Crippen LogP contribution in [0, 0.1) is 0 Å². The summed E-state index contributed by atoms with van der Waals surface area (Å²) in [7, 11) is 0. The van der Waals surface area contributed by atoms with Crippen LogP contribution in [0.2, 0.25) is 0 Å². The molecule has 2 N–H and O–H groups in total. The lowest BCUT2D eigenvalue weighted by molar-refractivity contribution is 0.207. The van der Waals surface area contributed by atoms with Crippen molar-refractivity contribution >= 4 is 0 Å². The van der Waals surface area contributed by atoms with Crippen LogP contribution in [0.15, 0.2) is 0 Å². The van der Waals surface area contributed by atoms with Crippen molar-refractivity contribution in [2.45, 2.75) is 103 Å². The van der Waals surface area contributed by atoms with Gasteiger partial charge in [-0.1, -0.05) is 71.6 Å². The fraction of sp³-hybridized carbons (Fsp3) is 1.00. The maximum absolute atomic E-state index is 6.09. The second kappa shape index (κ2) is 11.6. The fourth-order valence-corrected chi connectivity index (χ4v) is 3.45. The molecule has 1 unspecified atom stereocenters. The van der Waals surface area contributed by atoms with Gasteiger partial charge in [0.1, 0.15) is 0 Å². The van der Waals surface area contributed by atoms with Crippen molar-refractivity contribution in [1.82, 2.24) is 4.90 Å². The van der Waals surface area contributed by atoms with Crippen molar-refractivity contribution in [3.63, 3.8) is 0 Å². The second-order valence-corrected chi connectivity index (χ2v) is 6.75. The lowest BCUT2D eigenvalue weighted by Gasteiger charge is -2.28. The summed E-state index contributed by atoms with van der Waals surface area (Å²) in [5.74, 6) is 0. The maximum atomic E-state index is 6.09. The van der Waals surface area contributed by atoms with E-state index in [-0.39, 0.29) is 0 Å². The van der Waals surface area contributed by atoms with Gasteiger partial charge >= 0.3 is 0 Å². The smallest absolute Gasteiger partial charge is 0.0180 e. The topological polar surface area (TPSA) is 29.3 Å². The number of nitrogens with zero attached hydrogens (tertiary/aromatic N) is 1. The molecule has 1 fully saturated rings. The van der Waals surface area contributed by atoms with Gasteiger partial charge < -0.3 is 5.73 Å². The Morgan fingerprint density at radius 2 is 1.45 bits per heavy atom. The average Bonchev–Trinajstić information content (AvgIpc) is 2.87. The summed E-state index contributed by atoms with van der Waals surface area (Å²) in [5, 5.41) is 0. The molecule has 120 valence electrons. The summed E-state index contributed by atoms with van der Waals surface area (Å²) in [6.07, 6.45) is 16.6. The van der Waals surface area contributed by atoms with Gasteiger partial charge in [0.05, 0.1) is 0 Å². The van der Waals surface area contributed by atoms with E-state index in [1.165, 1.54) is 83.6 Å². The quantitative estimate of drug-likeness (QED) is 0.525. The summed E-state index contributed by atoms with van der Waals surface area (Å²) < 4.78 is 0. The minimum absolute atomic E-state index is 0.438.